The molecule has 0 radical (unpaired) electrons. The van der Waals surface area contributed by atoms with Gasteiger partial charge in [0, 0.05) is 25.5 Å². The van der Waals surface area contributed by atoms with Crippen molar-refractivity contribution in [2.24, 2.45) is 11.1 Å². The molecule has 0 bridgehead atoms. The van der Waals surface area contributed by atoms with Crippen molar-refractivity contribution >= 4 is 5.91 Å². The Morgan fingerprint density at radius 1 is 0.964 bits per heavy atom. The molecule has 0 saturated carbocycles. The highest BCUT2D eigenvalue weighted by Gasteiger charge is 2.43. The summed E-state index contributed by atoms with van der Waals surface area (Å²) in [6.07, 6.45) is 5.12. The van der Waals surface area contributed by atoms with Gasteiger partial charge in [-0.05, 0) is 47.7 Å². The minimum absolute atomic E-state index is 0.195. The highest BCUT2D eigenvalue weighted by atomic mass is 16.1. The predicted molar refractivity (Wildman–Crippen MR) is 111 cm³/mol. The summed E-state index contributed by atoms with van der Waals surface area (Å²) >= 11 is 0. The van der Waals surface area contributed by atoms with Crippen LogP contribution in [0.1, 0.15) is 17.5 Å². The lowest BCUT2D eigenvalue weighted by Crippen LogP contribution is -2.41. The third-order valence-corrected chi connectivity index (χ3v) is 5.70. The molecule has 1 saturated heterocycles. The van der Waals surface area contributed by atoms with Gasteiger partial charge in [0.15, 0.2) is 0 Å². The van der Waals surface area contributed by atoms with Crippen molar-refractivity contribution < 1.29 is 4.79 Å². The average Bonchev–Trinajstić information content (AvgIpc) is 3.14. The minimum atomic E-state index is -0.495. The molecule has 1 aliphatic rings. The number of amides is 1. The van der Waals surface area contributed by atoms with Crippen molar-refractivity contribution in [2.45, 2.75) is 19.4 Å². The summed E-state index contributed by atoms with van der Waals surface area (Å²) in [6.45, 7) is 2.46. The summed E-state index contributed by atoms with van der Waals surface area (Å²) in [7, 11) is 0. The largest absolute Gasteiger partial charge is 0.369 e. The van der Waals surface area contributed by atoms with Crippen LogP contribution in [0.4, 0.5) is 0 Å². The summed E-state index contributed by atoms with van der Waals surface area (Å²) in [5.74, 6) is -0.195. The molecule has 1 unspecified atom stereocenters. The Morgan fingerprint density at radius 3 is 2.43 bits per heavy atom. The second-order valence-corrected chi connectivity index (χ2v) is 7.71. The van der Waals surface area contributed by atoms with E-state index in [2.05, 4.69) is 58.4 Å². The van der Waals surface area contributed by atoms with Gasteiger partial charge in [-0.3, -0.25) is 14.7 Å². The van der Waals surface area contributed by atoms with E-state index in [4.69, 9.17) is 5.73 Å². The third-order valence-electron chi connectivity index (χ3n) is 5.70. The van der Waals surface area contributed by atoms with Crippen LogP contribution >= 0.6 is 0 Å². The Labute approximate surface area is 166 Å². The number of benzene rings is 2. The highest BCUT2D eigenvalue weighted by Crippen LogP contribution is 2.35. The Balaban J connectivity index is 1.47. The molecule has 4 rings (SSSR count). The maximum atomic E-state index is 12.4. The zero-order valence-electron chi connectivity index (χ0n) is 15.9. The van der Waals surface area contributed by atoms with Crippen molar-refractivity contribution in [3.05, 3.63) is 90.3 Å². The molecule has 1 atom stereocenters. The molecule has 28 heavy (non-hydrogen) atoms. The molecular formula is C24H25N3O. The van der Waals surface area contributed by atoms with E-state index in [1.807, 2.05) is 24.4 Å². The van der Waals surface area contributed by atoms with Crippen molar-refractivity contribution in [1.82, 2.24) is 9.88 Å². The quantitative estimate of drug-likeness (QED) is 0.719. The molecule has 2 aromatic carbocycles. The number of nitrogens with zero attached hydrogens (tertiary/aromatic N) is 2. The summed E-state index contributed by atoms with van der Waals surface area (Å²) in [4.78, 5) is 18.9. The molecule has 3 aromatic rings. The van der Waals surface area contributed by atoms with Gasteiger partial charge >= 0.3 is 0 Å². The summed E-state index contributed by atoms with van der Waals surface area (Å²) < 4.78 is 0. The van der Waals surface area contributed by atoms with E-state index in [9.17, 15) is 4.79 Å². The van der Waals surface area contributed by atoms with Gasteiger partial charge in [0.1, 0.15) is 0 Å². The zero-order chi connectivity index (χ0) is 19.4. The molecule has 2 heterocycles. The van der Waals surface area contributed by atoms with E-state index < -0.39 is 5.41 Å². The van der Waals surface area contributed by atoms with Gasteiger partial charge in [-0.2, -0.15) is 0 Å². The first-order chi connectivity index (χ1) is 13.6. The molecule has 0 spiro atoms. The molecule has 0 aliphatic carbocycles. The Bertz CT molecular complexity index is 925. The van der Waals surface area contributed by atoms with Crippen molar-refractivity contribution in [3.63, 3.8) is 0 Å². The lowest BCUT2D eigenvalue weighted by atomic mass is 9.80. The first-order valence-electron chi connectivity index (χ1n) is 9.70. The van der Waals surface area contributed by atoms with Gasteiger partial charge < -0.3 is 5.73 Å². The molecule has 4 heteroatoms. The Hall–Kier alpha value is -2.98. The SMILES string of the molecule is NC(=O)C1(Cc2ccc(-c3cccnc3)cc2)CCN(Cc2ccccc2)C1. The number of hydrogen-bond donors (Lipinski definition) is 1. The molecular weight excluding hydrogens is 346 g/mol. The number of carbonyl (C=O) groups is 1. The first-order valence-corrected chi connectivity index (χ1v) is 9.70. The van der Waals surface area contributed by atoms with Gasteiger partial charge in [0.25, 0.3) is 0 Å². The second kappa shape index (κ2) is 7.95. The van der Waals surface area contributed by atoms with Crippen molar-refractivity contribution in [3.8, 4) is 11.1 Å². The minimum Gasteiger partial charge on any atom is -0.369 e. The number of likely N-dealkylation sites (tertiary alicyclic amines) is 1. The lowest BCUT2D eigenvalue weighted by molar-refractivity contribution is -0.127. The average molecular weight is 371 g/mol. The van der Waals surface area contributed by atoms with Crippen LogP contribution in [0, 0.1) is 5.41 Å². The predicted octanol–water partition coefficient (Wildman–Crippen LogP) is 3.67. The van der Waals surface area contributed by atoms with E-state index in [-0.39, 0.29) is 5.91 Å². The third kappa shape index (κ3) is 3.97. The monoisotopic (exact) mass is 371 g/mol. The molecule has 142 valence electrons. The maximum Gasteiger partial charge on any atom is 0.225 e. The van der Waals surface area contributed by atoms with Crippen LogP contribution in [0.15, 0.2) is 79.1 Å². The fraction of sp³-hybridized carbons (Fsp3) is 0.250. The van der Waals surface area contributed by atoms with Crippen LogP contribution in [-0.4, -0.2) is 28.9 Å². The van der Waals surface area contributed by atoms with E-state index in [0.717, 1.165) is 36.2 Å². The van der Waals surface area contributed by atoms with E-state index >= 15 is 0 Å². The normalized spacial score (nSPS) is 19.6. The Kier molecular flexibility index (Phi) is 5.22. The lowest BCUT2D eigenvalue weighted by Gasteiger charge is -2.26. The van der Waals surface area contributed by atoms with Gasteiger partial charge in [-0.15, -0.1) is 0 Å². The fourth-order valence-electron chi connectivity index (χ4n) is 4.11. The van der Waals surface area contributed by atoms with Crippen LogP contribution in [0.25, 0.3) is 11.1 Å². The number of aromatic nitrogens is 1. The summed E-state index contributed by atoms with van der Waals surface area (Å²) in [6, 6.07) is 22.8. The van der Waals surface area contributed by atoms with Gasteiger partial charge in [-0.25, -0.2) is 0 Å². The molecule has 1 aromatic heterocycles. The summed E-state index contributed by atoms with van der Waals surface area (Å²) in [5.41, 5.74) is 10.0. The van der Waals surface area contributed by atoms with Gasteiger partial charge in [0.05, 0.1) is 5.41 Å². The number of carbonyl (C=O) groups excluding carboxylic acids is 1. The smallest absolute Gasteiger partial charge is 0.225 e. The standard InChI is InChI=1S/C24H25N3O/c25-23(28)24(12-14-27(18-24)17-20-5-2-1-3-6-20)15-19-8-10-21(11-9-19)22-7-4-13-26-16-22/h1-11,13,16H,12,14-15,17-18H2,(H2,25,28). The van der Waals surface area contributed by atoms with Crippen molar-refractivity contribution in [1.29, 1.82) is 0 Å². The van der Waals surface area contributed by atoms with E-state index in [0.29, 0.717) is 13.0 Å². The second-order valence-electron chi connectivity index (χ2n) is 7.71. The Morgan fingerprint density at radius 2 is 1.75 bits per heavy atom. The highest BCUT2D eigenvalue weighted by molar-refractivity contribution is 5.82. The summed E-state index contributed by atoms with van der Waals surface area (Å²) in [5, 5.41) is 0. The van der Waals surface area contributed by atoms with Crippen LogP contribution < -0.4 is 5.73 Å². The van der Waals surface area contributed by atoms with E-state index in [1.54, 1.807) is 6.20 Å². The number of hydrogen-bond acceptors (Lipinski definition) is 3. The first kappa shape index (κ1) is 18.4. The topological polar surface area (TPSA) is 59.2 Å². The molecule has 2 N–H and O–H groups in total. The number of nitrogens with two attached hydrogens (primary N) is 1. The zero-order valence-corrected chi connectivity index (χ0v) is 15.9. The van der Waals surface area contributed by atoms with Crippen LogP contribution in [-0.2, 0) is 17.8 Å². The fourth-order valence-corrected chi connectivity index (χ4v) is 4.11. The molecule has 1 aliphatic heterocycles. The number of primary amides is 1. The van der Waals surface area contributed by atoms with Crippen molar-refractivity contribution in [2.75, 3.05) is 13.1 Å². The van der Waals surface area contributed by atoms with E-state index in [1.165, 1.54) is 5.56 Å². The molecule has 4 nitrogen and oxygen atoms in total. The number of pyridine rings is 1. The van der Waals surface area contributed by atoms with Gasteiger partial charge in [0.2, 0.25) is 5.91 Å². The van der Waals surface area contributed by atoms with Crippen LogP contribution in [0.3, 0.4) is 0 Å². The van der Waals surface area contributed by atoms with Crippen LogP contribution in [0.5, 0.6) is 0 Å². The number of rotatable bonds is 6. The van der Waals surface area contributed by atoms with Crippen LogP contribution in [0.2, 0.25) is 0 Å². The molecule has 1 fully saturated rings. The molecule has 1 amide bonds. The van der Waals surface area contributed by atoms with Gasteiger partial charge in [-0.1, -0.05) is 60.7 Å². The maximum absolute atomic E-state index is 12.4.